The number of aliphatic imine (C=N–C) groups is 1. The molecular formula is C29H33Cl2NOZr. The van der Waals surface area contributed by atoms with Crippen molar-refractivity contribution in [2.75, 3.05) is 6.54 Å². The molecule has 0 atom stereocenters. The summed E-state index contributed by atoms with van der Waals surface area (Å²) >= 11 is -0.826. The number of rotatable bonds is 6. The number of hydrogen-bond acceptors (Lipinski definition) is 2. The summed E-state index contributed by atoms with van der Waals surface area (Å²) in [5.41, 5.74) is 4.75. The molecule has 2 nitrogen and oxygen atoms in total. The Kier molecular flexibility index (Phi) is 10.9. The summed E-state index contributed by atoms with van der Waals surface area (Å²) < 4.78 is 0. The zero-order chi connectivity index (χ0) is 24.4. The van der Waals surface area contributed by atoms with Crippen molar-refractivity contribution in [3.63, 3.8) is 0 Å². The molecule has 1 fully saturated rings. The second-order valence-corrected chi connectivity index (χ2v) is 13.1. The van der Waals surface area contributed by atoms with E-state index in [0.717, 1.165) is 28.8 Å². The molecule has 1 aliphatic carbocycles. The average Bonchev–Trinajstić information content (AvgIpc) is 2.87. The molecule has 0 bridgehead atoms. The van der Waals surface area contributed by atoms with Crippen molar-refractivity contribution in [1.82, 2.24) is 0 Å². The number of phenols is 1. The van der Waals surface area contributed by atoms with Crippen molar-refractivity contribution in [1.29, 1.82) is 0 Å². The van der Waals surface area contributed by atoms with Crippen LogP contribution in [0.1, 0.15) is 62.6 Å². The molecule has 34 heavy (non-hydrogen) atoms. The van der Waals surface area contributed by atoms with Crippen LogP contribution in [0.15, 0.2) is 77.8 Å². The Hall–Kier alpha value is -1.41. The number of benzene rings is 3. The maximum atomic E-state index is 11.5. The molecule has 0 amide bonds. The van der Waals surface area contributed by atoms with Gasteiger partial charge in [0.2, 0.25) is 0 Å². The van der Waals surface area contributed by atoms with E-state index < -0.39 is 20.8 Å². The van der Waals surface area contributed by atoms with Crippen LogP contribution in [0.4, 0.5) is 0 Å². The molecule has 178 valence electrons. The standard InChI is InChI=1S/C29H33NO.2ClH.Zr/c1-29(2,24-16-10-5-11-17-24)27-19-18-25(23-14-8-4-9-15-23)26(28(27)31)21-30-20-22-12-6-3-7-13-22;;;/h4-5,8-11,14-19,21-22,31H,3,6-7,12-13,20H2,1-2H3;2*1H;/q;;;+2/p-2. The van der Waals surface area contributed by atoms with Gasteiger partial charge in [0.15, 0.2) is 0 Å². The van der Waals surface area contributed by atoms with Gasteiger partial charge in [-0.15, -0.1) is 0 Å². The molecule has 3 aromatic rings. The van der Waals surface area contributed by atoms with Crippen LogP contribution < -0.4 is 0 Å². The van der Waals surface area contributed by atoms with Crippen molar-refractivity contribution in [3.05, 3.63) is 89.5 Å². The first-order valence-corrected chi connectivity index (χ1v) is 18.3. The Labute approximate surface area is 223 Å². The minimum absolute atomic E-state index is 0.313. The number of phenolic OH excluding ortho intramolecular Hbond substituents is 1. The van der Waals surface area contributed by atoms with Crippen molar-refractivity contribution < 1.29 is 26.0 Å². The van der Waals surface area contributed by atoms with Gasteiger partial charge in [0.05, 0.1) is 0 Å². The van der Waals surface area contributed by atoms with Crippen molar-refractivity contribution in [2.24, 2.45) is 10.9 Å². The van der Waals surface area contributed by atoms with Crippen molar-refractivity contribution >= 4 is 23.2 Å². The third-order valence-electron chi connectivity index (χ3n) is 6.78. The Morgan fingerprint density at radius 2 is 1.50 bits per heavy atom. The van der Waals surface area contributed by atoms with Gasteiger partial charge >= 0.3 is 37.9 Å². The summed E-state index contributed by atoms with van der Waals surface area (Å²) in [7, 11) is 9.87. The predicted octanol–water partition coefficient (Wildman–Crippen LogP) is 8.76. The maximum absolute atomic E-state index is 11.5. The number of hydrogen-bond donors (Lipinski definition) is 1. The van der Waals surface area contributed by atoms with E-state index in [2.05, 4.69) is 62.4 Å². The van der Waals surface area contributed by atoms with E-state index in [9.17, 15) is 5.11 Å². The van der Waals surface area contributed by atoms with Crippen LogP contribution in [0.5, 0.6) is 5.75 Å². The molecule has 1 aliphatic rings. The molecule has 0 heterocycles. The van der Waals surface area contributed by atoms with Crippen LogP contribution in [-0.4, -0.2) is 17.9 Å². The van der Waals surface area contributed by atoms with Gasteiger partial charge in [-0.3, -0.25) is 4.99 Å². The Bertz CT molecular complexity index is 1050. The Morgan fingerprint density at radius 3 is 2.12 bits per heavy atom. The van der Waals surface area contributed by atoms with Gasteiger partial charge in [-0.1, -0.05) is 106 Å². The van der Waals surface area contributed by atoms with Gasteiger partial charge in [-0.2, -0.15) is 0 Å². The fraction of sp³-hybridized carbons (Fsp3) is 0.345. The summed E-state index contributed by atoms with van der Waals surface area (Å²) in [6.07, 6.45) is 8.46. The zero-order valence-electron chi connectivity index (χ0n) is 20.0. The zero-order valence-corrected chi connectivity index (χ0v) is 23.9. The molecule has 1 N–H and O–H groups in total. The third kappa shape index (κ3) is 7.06. The Balaban J connectivity index is 0.00000103. The number of halogens is 2. The molecule has 0 radical (unpaired) electrons. The van der Waals surface area contributed by atoms with E-state index in [1.165, 1.54) is 37.7 Å². The van der Waals surface area contributed by atoms with E-state index in [-0.39, 0.29) is 5.41 Å². The molecule has 5 heteroatoms. The fourth-order valence-electron chi connectivity index (χ4n) is 4.79. The number of aromatic hydroxyl groups is 1. The molecule has 4 rings (SSSR count). The van der Waals surface area contributed by atoms with E-state index in [1.807, 2.05) is 30.5 Å². The van der Waals surface area contributed by atoms with Crippen molar-refractivity contribution in [2.45, 2.75) is 51.4 Å². The van der Waals surface area contributed by atoms with Crippen LogP contribution >= 0.6 is 17.0 Å². The summed E-state index contributed by atoms with van der Waals surface area (Å²) in [5.74, 6) is 1.01. The van der Waals surface area contributed by atoms with Crippen LogP contribution in [0.2, 0.25) is 0 Å². The summed E-state index contributed by atoms with van der Waals surface area (Å²) in [6.45, 7) is 5.19. The summed E-state index contributed by atoms with van der Waals surface area (Å²) in [5, 5.41) is 11.5. The van der Waals surface area contributed by atoms with Crippen LogP contribution in [0.25, 0.3) is 11.1 Å². The predicted molar refractivity (Wildman–Crippen MR) is 143 cm³/mol. The van der Waals surface area contributed by atoms with Crippen LogP contribution in [0.3, 0.4) is 0 Å². The molecule has 0 aromatic heterocycles. The average molecular weight is 574 g/mol. The quantitative estimate of drug-likeness (QED) is 0.294. The second kappa shape index (κ2) is 13.6. The van der Waals surface area contributed by atoms with E-state index in [0.29, 0.717) is 11.7 Å². The molecule has 1 saturated carbocycles. The molecule has 0 unspecified atom stereocenters. The molecule has 0 spiro atoms. The van der Waals surface area contributed by atoms with E-state index in [4.69, 9.17) is 22.0 Å². The van der Waals surface area contributed by atoms with Gasteiger partial charge in [-0.05, 0) is 35.4 Å². The van der Waals surface area contributed by atoms with Gasteiger partial charge in [-0.25, -0.2) is 0 Å². The van der Waals surface area contributed by atoms with Crippen molar-refractivity contribution in [3.8, 4) is 16.9 Å². The third-order valence-corrected chi connectivity index (χ3v) is 6.78. The molecule has 3 aromatic carbocycles. The van der Waals surface area contributed by atoms with E-state index >= 15 is 0 Å². The molecule has 0 saturated heterocycles. The minimum atomic E-state index is -0.826. The molecular weight excluding hydrogens is 540 g/mol. The monoisotopic (exact) mass is 571 g/mol. The van der Waals surface area contributed by atoms with Gasteiger partial charge in [0.25, 0.3) is 0 Å². The first-order valence-electron chi connectivity index (χ1n) is 11.9. The molecule has 0 aliphatic heterocycles. The van der Waals surface area contributed by atoms with Gasteiger partial charge < -0.3 is 5.11 Å². The first kappa shape index (κ1) is 27.2. The number of nitrogens with zero attached hydrogens (tertiary/aromatic N) is 1. The van der Waals surface area contributed by atoms with E-state index in [1.54, 1.807) is 0 Å². The fourth-order valence-corrected chi connectivity index (χ4v) is 4.79. The van der Waals surface area contributed by atoms with Crippen LogP contribution in [0, 0.1) is 5.92 Å². The van der Waals surface area contributed by atoms with Crippen LogP contribution in [-0.2, 0) is 26.3 Å². The summed E-state index contributed by atoms with van der Waals surface area (Å²) in [6, 6.07) is 24.9. The SMILES string of the molecule is CC(C)(c1ccccc1)c1ccc(-c2ccccc2)c(C=NCC2CCCCC2)c1O.[Cl][Zr][Cl]. The summed E-state index contributed by atoms with van der Waals surface area (Å²) in [4.78, 5) is 4.82. The Morgan fingerprint density at radius 1 is 0.912 bits per heavy atom. The normalized spacial score (nSPS) is 14.5. The van der Waals surface area contributed by atoms with Gasteiger partial charge in [0, 0.05) is 29.3 Å². The second-order valence-electron chi connectivity index (χ2n) is 9.35. The van der Waals surface area contributed by atoms with Gasteiger partial charge in [0.1, 0.15) is 5.75 Å². The first-order chi connectivity index (χ1) is 16.5. The topological polar surface area (TPSA) is 32.6 Å².